The van der Waals surface area contributed by atoms with Crippen LogP contribution in [0.3, 0.4) is 0 Å². The Morgan fingerprint density at radius 1 is 1.11 bits per heavy atom. The number of hydrogen-bond acceptors (Lipinski definition) is 6. The highest BCUT2D eigenvalue weighted by Crippen LogP contribution is 2.71. The van der Waals surface area contributed by atoms with E-state index in [-0.39, 0.29) is 17.4 Å². The number of halogens is 1. The lowest BCUT2D eigenvalue weighted by atomic mass is 9.54. The maximum Gasteiger partial charge on any atom is 0.105 e. The molecule has 2 aliphatic heterocycles. The van der Waals surface area contributed by atoms with Crippen LogP contribution in [0.5, 0.6) is 0 Å². The second kappa shape index (κ2) is 7.39. The van der Waals surface area contributed by atoms with Crippen LogP contribution in [0.1, 0.15) is 51.0 Å². The molecule has 8 atom stereocenters. The van der Waals surface area contributed by atoms with Crippen LogP contribution in [0.2, 0.25) is 0 Å². The highest BCUT2D eigenvalue weighted by atomic mass is 35.5. The van der Waals surface area contributed by atoms with Gasteiger partial charge in [-0.2, -0.15) is 10.2 Å². The van der Waals surface area contributed by atoms with Gasteiger partial charge in [0.05, 0.1) is 33.9 Å². The number of allylic oxidation sites excluding steroid dienone is 2. The Morgan fingerprint density at radius 3 is 2.75 bits per heavy atom. The van der Waals surface area contributed by atoms with Crippen LogP contribution in [0, 0.1) is 11.3 Å². The molecule has 2 unspecified atom stereocenters. The zero-order chi connectivity index (χ0) is 25.1. The SMILES string of the molecule is CN(C)[C@H]1C[C@@]23CC[C@]4(O2)C2CC=C(c5ccc6nnccc6c5)[C@@]2(C)CCC4(Cl)C=C3[C@@H](O)[C@@H]1O. The highest BCUT2D eigenvalue weighted by molar-refractivity contribution is 6.26. The molecule has 190 valence electrons. The van der Waals surface area contributed by atoms with Gasteiger partial charge in [0.1, 0.15) is 6.10 Å². The normalized spacial score (nSPS) is 45.2. The van der Waals surface area contributed by atoms with Crippen LogP contribution in [0.4, 0.5) is 0 Å². The Labute approximate surface area is 217 Å². The number of ether oxygens (including phenoxy) is 1. The molecule has 1 aromatic carbocycles. The van der Waals surface area contributed by atoms with E-state index < -0.39 is 28.3 Å². The summed E-state index contributed by atoms with van der Waals surface area (Å²) >= 11 is 7.55. The first-order valence-electron chi connectivity index (χ1n) is 13.2. The second-order valence-corrected chi connectivity index (χ2v) is 12.9. The Morgan fingerprint density at radius 2 is 1.94 bits per heavy atom. The summed E-state index contributed by atoms with van der Waals surface area (Å²) in [4.78, 5) is 1.33. The van der Waals surface area contributed by atoms with Gasteiger partial charge in [-0.1, -0.05) is 25.1 Å². The van der Waals surface area contributed by atoms with Crippen LogP contribution in [0.25, 0.3) is 16.5 Å². The van der Waals surface area contributed by atoms with Gasteiger partial charge in [0, 0.05) is 17.3 Å². The number of aliphatic hydroxyl groups excluding tert-OH is 2. The Kier molecular flexibility index (Phi) is 4.78. The fraction of sp³-hybridized carbons (Fsp3) is 0.586. The van der Waals surface area contributed by atoms with Crippen LogP contribution >= 0.6 is 11.6 Å². The molecule has 36 heavy (non-hydrogen) atoms. The van der Waals surface area contributed by atoms with E-state index in [4.69, 9.17) is 16.3 Å². The van der Waals surface area contributed by atoms with E-state index in [1.54, 1.807) is 6.20 Å². The lowest BCUT2D eigenvalue weighted by Crippen LogP contribution is -2.68. The van der Waals surface area contributed by atoms with E-state index in [0.717, 1.165) is 48.6 Å². The first-order valence-corrected chi connectivity index (χ1v) is 13.6. The van der Waals surface area contributed by atoms with Gasteiger partial charge < -0.3 is 19.8 Å². The zero-order valence-electron chi connectivity index (χ0n) is 21.1. The number of fused-ring (bicyclic) bond motifs is 2. The van der Waals surface area contributed by atoms with E-state index in [1.807, 2.05) is 25.1 Å². The third-order valence-corrected chi connectivity index (χ3v) is 11.1. The van der Waals surface area contributed by atoms with Crippen molar-refractivity contribution in [1.29, 1.82) is 0 Å². The number of alkyl halides is 1. The van der Waals surface area contributed by atoms with Gasteiger partial charge in [-0.25, -0.2) is 0 Å². The van der Waals surface area contributed by atoms with Crippen LogP contribution in [-0.4, -0.2) is 73.7 Å². The summed E-state index contributed by atoms with van der Waals surface area (Å²) in [5.74, 6) is 0.247. The number of likely N-dealkylation sites (N-methyl/N-ethyl adjacent to an activating group) is 1. The van der Waals surface area contributed by atoms with Crippen LogP contribution in [-0.2, 0) is 4.74 Å². The monoisotopic (exact) mass is 507 g/mol. The first-order chi connectivity index (χ1) is 17.1. The van der Waals surface area contributed by atoms with Crippen molar-refractivity contribution >= 4 is 28.1 Å². The number of benzene rings is 1. The zero-order valence-corrected chi connectivity index (χ0v) is 21.9. The molecule has 2 aromatic rings. The average Bonchev–Trinajstić information content (AvgIpc) is 3.39. The minimum atomic E-state index is -0.954. The standard InChI is InChI=1S/C29H34ClN3O3/c1-26-9-11-28(30)15-20-24(34)25(35)22(33(2)3)16-27(20)10-12-29(28,36-27)23(26)7-5-19(26)17-4-6-21-18(14-17)8-13-31-32-21/h4-6,8,13-15,22-25,34-35H,7,9-12,16H2,1-3H3/t22-,23?,24+,25+,26+,27+,28?,29-/m0/s1. The van der Waals surface area contributed by atoms with E-state index in [1.165, 1.54) is 11.1 Å². The molecule has 3 aliphatic carbocycles. The minimum absolute atomic E-state index is 0.0584. The molecular formula is C29H34ClN3O3. The number of nitrogens with zero attached hydrogens (tertiary/aromatic N) is 3. The minimum Gasteiger partial charge on any atom is -0.388 e. The summed E-state index contributed by atoms with van der Waals surface area (Å²) < 4.78 is 7.27. The van der Waals surface area contributed by atoms with E-state index in [2.05, 4.69) is 47.5 Å². The predicted octanol–water partition coefficient (Wildman–Crippen LogP) is 4.09. The Hall–Kier alpha value is -1.83. The molecule has 7 heteroatoms. The van der Waals surface area contributed by atoms with Crippen molar-refractivity contribution in [3.05, 3.63) is 53.8 Å². The molecule has 5 aliphatic rings. The predicted molar refractivity (Wildman–Crippen MR) is 140 cm³/mol. The maximum atomic E-state index is 11.2. The van der Waals surface area contributed by atoms with Crippen molar-refractivity contribution in [3.63, 3.8) is 0 Å². The Balaban J connectivity index is 1.30. The fourth-order valence-electron chi connectivity index (χ4n) is 8.59. The van der Waals surface area contributed by atoms with Gasteiger partial charge >= 0.3 is 0 Å². The molecule has 3 heterocycles. The number of aliphatic hydroxyl groups is 2. The molecule has 3 fully saturated rings. The van der Waals surface area contributed by atoms with E-state index in [0.29, 0.717) is 6.42 Å². The molecule has 2 N–H and O–H groups in total. The summed E-state index contributed by atoms with van der Waals surface area (Å²) in [5, 5.41) is 31.5. The van der Waals surface area contributed by atoms with Gasteiger partial charge in [-0.3, -0.25) is 0 Å². The van der Waals surface area contributed by atoms with Crippen molar-refractivity contribution in [2.24, 2.45) is 11.3 Å². The molecule has 0 radical (unpaired) electrons. The van der Waals surface area contributed by atoms with Gasteiger partial charge in [0.25, 0.3) is 0 Å². The van der Waals surface area contributed by atoms with Gasteiger partial charge in [0.2, 0.25) is 0 Å². The van der Waals surface area contributed by atoms with Crippen LogP contribution in [0.15, 0.2) is 48.2 Å². The number of aromatic nitrogens is 2. The summed E-state index contributed by atoms with van der Waals surface area (Å²) in [6.45, 7) is 2.40. The third-order valence-electron chi connectivity index (χ3n) is 10.5. The Bertz CT molecular complexity index is 1330. The van der Waals surface area contributed by atoms with Crippen molar-refractivity contribution in [1.82, 2.24) is 15.1 Å². The summed E-state index contributed by atoms with van der Waals surface area (Å²) in [5.41, 5.74) is 3.21. The quantitative estimate of drug-likeness (QED) is 0.471. The highest BCUT2D eigenvalue weighted by Gasteiger charge is 2.73. The van der Waals surface area contributed by atoms with Crippen LogP contribution < -0.4 is 0 Å². The van der Waals surface area contributed by atoms with E-state index >= 15 is 0 Å². The molecule has 1 aromatic heterocycles. The topological polar surface area (TPSA) is 78.7 Å². The summed E-state index contributed by atoms with van der Waals surface area (Å²) in [6.07, 6.45) is 9.50. The van der Waals surface area contributed by atoms with Gasteiger partial charge in [-0.15, -0.1) is 11.6 Å². The smallest absolute Gasteiger partial charge is 0.105 e. The van der Waals surface area contributed by atoms with E-state index in [9.17, 15) is 10.2 Å². The molecule has 2 bridgehead atoms. The maximum absolute atomic E-state index is 11.2. The van der Waals surface area contributed by atoms with Gasteiger partial charge in [0.15, 0.2) is 0 Å². The molecule has 6 nitrogen and oxygen atoms in total. The largest absolute Gasteiger partial charge is 0.388 e. The third kappa shape index (κ3) is 2.77. The molecule has 7 rings (SSSR count). The number of hydrogen-bond donors (Lipinski definition) is 2. The molecule has 0 amide bonds. The fourth-order valence-corrected chi connectivity index (χ4v) is 9.06. The van der Waals surface area contributed by atoms with Crippen molar-refractivity contribution in [3.8, 4) is 0 Å². The summed E-state index contributed by atoms with van der Waals surface area (Å²) in [6, 6.07) is 8.33. The second-order valence-electron chi connectivity index (χ2n) is 12.2. The van der Waals surface area contributed by atoms with Crippen molar-refractivity contribution < 1.29 is 14.9 Å². The average molecular weight is 508 g/mol. The molecule has 2 saturated carbocycles. The lowest BCUT2D eigenvalue weighted by Gasteiger charge is -2.61. The number of rotatable bonds is 2. The van der Waals surface area contributed by atoms with Crippen molar-refractivity contribution in [2.75, 3.05) is 14.1 Å². The molecular weight excluding hydrogens is 474 g/mol. The molecule has 2 spiro atoms. The lowest BCUT2D eigenvalue weighted by molar-refractivity contribution is -0.199. The first kappa shape index (κ1) is 23.3. The van der Waals surface area contributed by atoms with Gasteiger partial charge in [-0.05, 0) is 92.9 Å². The summed E-state index contributed by atoms with van der Waals surface area (Å²) in [7, 11) is 3.93. The molecule has 1 saturated heterocycles. The van der Waals surface area contributed by atoms with Crippen molar-refractivity contribution in [2.45, 2.75) is 79.8 Å².